The fraction of sp³-hybridized carbons (Fsp3) is 0.462. The maximum absolute atomic E-state index is 11.7. The molecule has 0 fully saturated rings. The molecule has 1 heterocycles. The highest BCUT2D eigenvalue weighted by atomic mass is 32.2. The molecule has 116 valence electrons. The summed E-state index contributed by atoms with van der Waals surface area (Å²) in [5.74, 6) is 0.513. The molecule has 1 aliphatic rings. The van der Waals surface area contributed by atoms with E-state index in [0.717, 1.165) is 18.4 Å². The summed E-state index contributed by atoms with van der Waals surface area (Å²) in [6.45, 7) is 4.53. The number of hydrogen-bond acceptors (Lipinski definition) is 5. The molecule has 8 heteroatoms. The molecule has 1 unspecified atom stereocenters. The zero-order chi connectivity index (χ0) is 15.5. The van der Waals surface area contributed by atoms with Gasteiger partial charge in [-0.3, -0.25) is 4.90 Å². The number of benzene rings is 1. The third-order valence-electron chi connectivity index (χ3n) is 3.03. The fourth-order valence-corrected chi connectivity index (χ4v) is 2.81. The smallest absolute Gasteiger partial charge is 0.327 e. The van der Waals surface area contributed by atoms with Crippen molar-refractivity contribution in [1.82, 2.24) is 9.62 Å². The van der Waals surface area contributed by atoms with Gasteiger partial charge >= 0.3 is 10.2 Å². The average Bonchev–Trinajstić information content (AvgIpc) is 2.36. The van der Waals surface area contributed by atoms with E-state index in [2.05, 4.69) is 9.12 Å². The van der Waals surface area contributed by atoms with Crippen LogP contribution >= 0.6 is 0 Å². The van der Waals surface area contributed by atoms with Crippen molar-refractivity contribution in [2.24, 2.45) is 10.1 Å². The van der Waals surface area contributed by atoms with Gasteiger partial charge in [0.15, 0.2) is 0 Å². The van der Waals surface area contributed by atoms with Crippen molar-refractivity contribution in [2.75, 3.05) is 6.54 Å². The van der Waals surface area contributed by atoms with Gasteiger partial charge in [0.2, 0.25) is 12.3 Å². The first-order valence-corrected chi connectivity index (χ1v) is 8.23. The minimum Gasteiger partial charge on any atom is -0.456 e. The van der Waals surface area contributed by atoms with Gasteiger partial charge in [0.05, 0.1) is 0 Å². The first-order valence-electron chi connectivity index (χ1n) is 6.79. The number of rotatable bonds is 5. The Morgan fingerprint density at radius 1 is 1.48 bits per heavy atom. The summed E-state index contributed by atoms with van der Waals surface area (Å²) in [6.07, 6.45) is 0.917. The predicted molar refractivity (Wildman–Crippen MR) is 80.9 cm³/mol. The Labute approximate surface area is 125 Å². The monoisotopic (exact) mass is 312 g/mol. The normalized spacial score (nSPS) is 21.0. The van der Waals surface area contributed by atoms with Gasteiger partial charge in [-0.1, -0.05) is 25.5 Å². The van der Waals surface area contributed by atoms with Crippen molar-refractivity contribution in [3.05, 3.63) is 29.8 Å². The summed E-state index contributed by atoms with van der Waals surface area (Å²) in [5, 5.41) is 0. The second kappa shape index (κ2) is 6.31. The summed E-state index contributed by atoms with van der Waals surface area (Å²) in [4.78, 5) is 1.60. The Morgan fingerprint density at radius 3 is 2.90 bits per heavy atom. The number of hydrogen-bond donors (Lipinski definition) is 2. The molecule has 0 saturated carbocycles. The molecule has 0 saturated heterocycles. The van der Waals surface area contributed by atoms with Gasteiger partial charge in [-0.25, -0.2) is 0 Å². The Hall–Kier alpha value is -1.80. The van der Waals surface area contributed by atoms with E-state index in [1.54, 1.807) is 11.0 Å². The molecule has 1 aliphatic heterocycles. The highest BCUT2D eigenvalue weighted by Gasteiger charge is 2.32. The van der Waals surface area contributed by atoms with Crippen molar-refractivity contribution < 1.29 is 13.2 Å². The highest BCUT2D eigenvalue weighted by molar-refractivity contribution is 7.88. The van der Waals surface area contributed by atoms with Crippen LogP contribution in [0.3, 0.4) is 0 Å². The molecule has 0 aromatic heterocycles. The van der Waals surface area contributed by atoms with E-state index in [9.17, 15) is 8.42 Å². The summed E-state index contributed by atoms with van der Waals surface area (Å²) >= 11 is 0. The lowest BCUT2D eigenvalue weighted by Crippen LogP contribution is -2.59. The van der Waals surface area contributed by atoms with Crippen LogP contribution in [0.2, 0.25) is 0 Å². The lowest BCUT2D eigenvalue weighted by atomic mass is 10.2. The molecule has 21 heavy (non-hydrogen) atoms. The van der Waals surface area contributed by atoms with Crippen LogP contribution in [-0.2, 0) is 10.2 Å². The molecule has 0 aliphatic carbocycles. The number of nitrogens with two attached hydrogens (primary N) is 1. The van der Waals surface area contributed by atoms with Gasteiger partial charge < -0.3 is 10.5 Å². The third-order valence-corrected chi connectivity index (χ3v) is 3.96. The molecule has 1 atom stereocenters. The van der Waals surface area contributed by atoms with Crippen molar-refractivity contribution in [1.29, 1.82) is 0 Å². The standard InChI is InChI=1S/C13H20N4O3S/c1-3-4-8-17-12(14)15-21(18,19)16-13(17)20-11-7-5-6-10(2)9-11/h5-7,9,13,16H,3-4,8H2,1-2H3,(H2,14,15). The Bertz CT molecular complexity index is 630. The van der Waals surface area contributed by atoms with Gasteiger partial charge in [-0.2, -0.15) is 8.42 Å². The third kappa shape index (κ3) is 4.08. The van der Waals surface area contributed by atoms with E-state index in [1.165, 1.54) is 0 Å². The van der Waals surface area contributed by atoms with Crippen molar-refractivity contribution in [2.45, 2.75) is 33.0 Å². The van der Waals surface area contributed by atoms with E-state index in [-0.39, 0.29) is 5.96 Å². The predicted octanol–water partition coefficient (Wildman–Crippen LogP) is 0.922. The van der Waals surface area contributed by atoms with Crippen molar-refractivity contribution >= 4 is 16.2 Å². The molecule has 7 nitrogen and oxygen atoms in total. The van der Waals surface area contributed by atoms with Crippen LogP contribution in [-0.4, -0.2) is 32.2 Å². The van der Waals surface area contributed by atoms with Crippen molar-refractivity contribution in [3.8, 4) is 5.75 Å². The van der Waals surface area contributed by atoms with E-state index in [0.29, 0.717) is 12.3 Å². The molecule has 1 aromatic carbocycles. The molecule has 3 N–H and O–H groups in total. The van der Waals surface area contributed by atoms with Crippen LogP contribution in [0.25, 0.3) is 0 Å². The van der Waals surface area contributed by atoms with E-state index >= 15 is 0 Å². The van der Waals surface area contributed by atoms with Gasteiger partial charge in [-0.15, -0.1) is 9.12 Å². The van der Waals surface area contributed by atoms with Crippen LogP contribution in [0.4, 0.5) is 0 Å². The Morgan fingerprint density at radius 2 is 2.24 bits per heavy atom. The number of aryl methyl sites for hydroxylation is 1. The lowest BCUT2D eigenvalue weighted by Gasteiger charge is -2.34. The van der Waals surface area contributed by atoms with Gasteiger partial charge in [-0.05, 0) is 31.0 Å². The first kappa shape index (κ1) is 15.6. The zero-order valence-electron chi connectivity index (χ0n) is 12.1. The van der Waals surface area contributed by atoms with Crippen LogP contribution in [0.5, 0.6) is 5.75 Å². The van der Waals surface area contributed by atoms with E-state index in [1.807, 2.05) is 32.0 Å². The van der Waals surface area contributed by atoms with Gasteiger partial charge in [0.1, 0.15) is 5.75 Å². The van der Waals surface area contributed by atoms with Crippen molar-refractivity contribution in [3.63, 3.8) is 0 Å². The molecule has 0 radical (unpaired) electrons. The average molecular weight is 312 g/mol. The first-order chi connectivity index (χ1) is 9.91. The van der Waals surface area contributed by atoms with Crippen LogP contribution in [0.15, 0.2) is 28.7 Å². The largest absolute Gasteiger partial charge is 0.456 e. The Balaban J connectivity index is 2.23. The van der Waals surface area contributed by atoms with Crippen LogP contribution in [0, 0.1) is 6.92 Å². The Kier molecular flexibility index (Phi) is 4.69. The minimum absolute atomic E-state index is 0.0557. The minimum atomic E-state index is -3.82. The summed E-state index contributed by atoms with van der Waals surface area (Å²) in [5.41, 5.74) is 6.77. The van der Waals surface area contributed by atoms with E-state index < -0.39 is 16.6 Å². The fourth-order valence-electron chi connectivity index (χ4n) is 1.98. The summed E-state index contributed by atoms with van der Waals surface area (Å²) in [6, 6.07) is 7.37. The van der Waals surface area contributed by atoms with Crippen LogP contribution < -0.4 is 15.2 Å². The maximum Gasteiger partial charge on any atom is 0.327 e. The molecule has 1 aromatic rings. The maximum atomic E-state index is 11.7. The second-order valence-corrected chi connectivity index (χ2v) is 6.24. The molecular formula is C13H20N4O3S. The van der Waals surface area contributed by atoms with Crippen LogP contribution in [0.1, 0.15) is 25.3 Å². The topological polar surface area (TPSA) is 97.0 Å². The number of unbranched alkanes of at least 4 members (excludes halogenated alkanes) is 1. The summed E-state index contributed by atoms with van der Waals surface area (Å²) < 4.78 is 34.9. The van der Waals surface area contributed by atoms with Gasteiger partial charge in [0, 0.05) is 6.54 Å². The number of guanidine groups is 1. The number of nitrogens with zero attached hydrogens (tertiary/aromatic N) is 2. The number of ether oxygens (including phenoxy) is 1. The highest BCUT2D eigenvalue weighted by Crippen LogP contribution is 2.17. The second-order valence-electron chi connectivity index (χ2n) is 4.88. The van der Waals surface area contributed by atoms with E-state index in [4.69, 9.17) is 10.5 Å². The SMILES string of the molecule is CCCCN1C(N)=NS(=O)(=O)NC1Oc1cccc(C)c1. The summed E-state index contributed by atoms with van der Waals surface area (Å²) in [7, 11) is -3.82. The quantitative estimate of drug-likeness (QED) is 0.843. The molecular weight excluding hydrogens is 292 g/mol. The molecule has 0 spiro atoms. The molecule has 2 rings (SSSR count). The molecule has 0 bridgehead atoms. The number of nitrogens with one attached hydrogen (secondary N) is 1. The van der Waals surface area contributed by atoms with Gasteiger partial charge in [0.25, 0.3) is 0 Å². The molecule has 0 amide bonds. The lowest BCUT2D eigenvalue weighted by molar-refractivity contribution is 0.0629. The zero-order valence-corrected chi connectivity index (χ0v) is 12.9.